The van der Waals surface area contributed by atoms with E-state index in [4.69, 9.17) is 13.9 Å². The van der Waals surface area contributed by atoms with Crippen LogP contribution in [-0.2, 0) is 14.0 Å². The Labute approximate surface area is 262 Å². The molecule has 45 heavy (non-hydrogen) atoms. The highest BCUT2D eigenvalue weighted by molar-refractivity contribution is 6.74. The smallest absolute Gasteiger partial charge is 0.414 e. The first-order chi connectivity index (χ1) is 21.2. The molecule has 1 aromatic heterocycles. The van der Waals surface area contributed by atoms with Gasteiger partial charge >= 0.3 is 6.09 Å². The van der Waals surface area contributed by atoms with E-state index in [9.17, 15) is 14.7 Å². The molecule has 2 aromatic rings. The van der Waals surface area contributed by atoms with E-state index < -0.39 is 44.2 Å². The molecule has 1 N–H and O–H groups in total. The van der Waals surface area contributed by atoms with E-state index in [2.05, 4.69) is 43.5 Å². The highest BCUT2D eigenvalue weighted by Gasteiger charge is 2.42. The standard InChI is InChI=1S/C31H42F2N4O7Si/c1-31(2,3)45(4,5)44-27-7-6-11-36(27)18-25(38)29(39)35-12-8-20(9-13-35)28-23(32)15-21(16-24(28)33)37-17-22(43-30(37)40)19-41-26-10-14-42-34-26/h8,10,14-16,22,25,27,38H,6-7,9,11-13,17-19H2,1-5H3/t22-,25+,27?/m1/s1. The molecule has 11 nitrogen and oxygen atoms in total. The first-order valence-electron chi connectivity index (χ1n) is 15.3. The van der Waals surface area contributed by atoms with Crippen LogP contribution < -0.4 is 9.64 Å². The van der Waals surface area contributed by atoms with E-state index in [-0.39, 0.29) is 67.6 Å². The molecule has 1 aromatic carbocycles. The third-order valence-electron chi connectivity index (χ3n) is 9.12. The molecule has 246 valence electrons. The molecule has 0 aliphatic carbocycles. The summed E-state index contributed by atoms with van der Waals surface area (Å²) in [5, 5.41) is 14.5. The molecular weight excluding hydrogens is 606 g/mol. The minimum Gasteiger partial charge on any atom is -0.471 e. The van der Waals surface area contributed by atoms with Crippen molar-refractivity contribution in [3.63, 3.8) is 0 Å². The zero-order chi connectivity index (χ0) is 32.5. The molecule has 5 rings (SSSR count). The number of hydrogen-bond acceptors (Lipinski definition) is 9. The summed E-state index contributed by atoms with van der Waals surface area (Å²) in [6.07, 6.45) is 2.17. The third kappa shape index (κ3) is 7.40. The number of carbonyl (C=O) groups is 2. The molecule has 3 aliphatic rings. The van der Waals surface area contributed by atoms with Gasteiger partial charge < -0.3 is 28.4 Å². The van der Waals surface area contributed by atoms with Crippen LogP contribution in [0.3, 0.4) is 0 Å². The van der Waals surface area contributed by atoms with Gasteiger partial charge in [-0.1, -0.05) is 26.8 Å². The lowest BCUT2D eigenvalue weighted by Gasteiger charge is -2.41. The van der Waals surface area contributed by atoms with E-state index in [0.717, 1.165) is 36.4 Å². The lowest BCUT2D eigenvalue weighted by atomic mass is 9.97. The van der Waals surface area contributed by atoms with Crippen LogP contribution in [-0.4, -0.2) is 98.1 Å². The van der Waals surface area contributed by atoms with E-state index in [0.29, 0.717) is 5.57 Å². The van der Waals surface area contributed by atoms with Crippen LogP contribution in [0.1, 0.15) is 45.6 Å². The molecule has 0 saturated carbocycles. The molecule has 0 radical (unpaired) electrons. The van der Waals surface area contributed by atoms with Crippen molar-refractivity contribution in [3.05, 3.63) is 47.7 Å². The second-order valence-electron chi connectivity index (χ2n) is 13.3. The number of halogens is 2. The first kappa shape index (κ1) is 33.0. The number of cyclic esters (lactones) is 1. The number of benzene rings is 1. The van der Waals surface area contributed by atoms with Gasteiger partial charge in [-0.05, 0) is 60.3 Å². The van der Waals surface area contributed by atoms with Crippen molar-refractivity contribution in [2.24, 2.45) is 0 Å². The summed E-state index contributed by atoms with van der Waals surface area (Å²) < 4.78 is 52.5. The number of rotatable bonds is 10. The quantitative estimate of drug-likeness (QED) is 0.364. The number of likely N-dealkylation sites (tertiary alicyclic amines) is 1. The fourth-order valence-corrected chi connectivity index (χ4v) is 6.86. The number of carbonyl (C=O) groups excluding carboxylic acids is 2. The van der Waals surface area contributed by atoms with Gasteiger partial charge in [-0.25, -0.2) is 13.6 Å². The van der Waals surface area contributed by atoms with Gasteiger partial charge in [-0.3, -0.25) is 14.6 Å². The van der Waals surface area contributed by atoms with Gasteiger partial charge in [0.1, 0.15) is 30.6 Å². The van der Waals surface area contributed by atoms with Gasteiger partial charge in [0.15, 0.2) is 14.4 Å². The van der Waals surface area contributed by atoms with Crippen LogP contribution in [0.5, 0.6) is 5.88 Å². The number of aromatic nitrogens is 1. The SMILES string of the molecule is CC(C)(C)[Si](C)(C)OC1CCCN1C[C@H](O)C(=O)N1CC=C(c2c(F)cc(N3C[C@H](COc4ccon4)OC3=O)cc2F)CC1. The number of nitrogens with zero attached hydrogens (tertiary/aromatic N) is 4. The van der Waals surface area contributed by atoms with Gasteiger partial charge in [0.2, 0.25) is 0 Å². The molecule has 1 unspecified atom stereocenters. The molecule has 2 fully saturated rings. The van der Waals surface area contributed by atoms with Crippen LogP contribution in [0.15, 0.2) is 35.1 Å². The predicted octanol–water partition coefficient (Wildman–Crippen LogP) is 4.78. The monoisotopic (exact) mass is 648 g/mol. The van der Waals surface area contributed by atoms with Crippen LogP contribution in [0.25, 0.3) is 5.57 Å². The Morgan fingerprint density at radius 1 is 1.22 bits per heavy atom. The average Bonchev–Trinajstić information content (AvgIpc) is 3.73. The minimum atomic E-state index is -2.03. The summed E-state index contributed by atoms with van der Waals surface area (Å²) in [5.41, 5.74) is 0.240. The molecule has 2 amide bonds. The van der Waals surface area contributed by atoms with Crippen molar-refractivity contribution in [2.45, 2.75) is 76.6 Å². The van der Waals surface area contributed by atoms with E-state index >= 15 is 8.78 Å². The molecular formula is C31H42F2N4O7Si. The fourth-order valence-electron chi connectivity index (χ4n) is 5.56. The second kappa shape index (κ2) is 13.2. The highest BCUT2D eigenvalue weighted by Crippen LogP contribution is 2.39. The van der Waals surface area contributed by atoms with Crippen molar-refractivity contribution in [1.82, 2.24) is 15.0 Å². The summed E-state index contributed by atoms with van der Waals surface area (Å²) >= 11 is 0. The number of hydrogen-bond donors (Lipinski definition) is 1. The van der Waals surface area contributed by atoms with Crippen molar-refractivity contribution < 1.29 is 41.9 Å². The highest BCUT2D eigenvalue weighted by atomic mass is 28.4. The molecule has 4 heterocycles. The maximum absolute atomic E-state index is 15.3. The number of β-amino-alcohol motifs (C(OH)–C–C–N with tert-alkyl or cyclic N) is 1. The first-order valence-corrected chi connectivity index (χ1v) is 18.2. The zero-order valence-electron chi connectivity index (χ0n) is 26.4. The maximum atomic E-state index is 15.3. The van der Waals surface area contributed by atoms with E-state index in [1.165, 1.54) is 17.2 Å². The van der Waals surface area contributed by atoms with Gasteiger partial charge in [0.25, 0.3) is 11.8 Å². The molecule has 0 bridgehead atoms. The van der Waals surface area contributed by atoms with Crippen LogP contribution in [0.2, 0.25) is 18.1 Å². The molecule has 3 atom stereocenters. The third-order valence-corrected chi connectivity index (χ3v) is 13.6. The summed E-state index contributed by atoms with van der Waals surface area (Å²) in [5.74, 6) is -1.84. The summed E-state index contributed by atoms with van der Waals surface area (Å²) in [4.78, 5) is 30.3. The number of aliphatic hydroxyl groups excluding tert-OH is 1. The van der Waals surface area contributed by atoms with Gasteiger partial charge in [0.05, 0.1) is 18.5 Å². The van der Waals surface area contributed by atoms with Gasteiger partial charge in [-0.2, -0.15) is 0 Å². The normalized spacial score (nSPS) is 22.0. The zero-order valence-corrected chi connectivity index (χ0v) is 27.4. The Morgan fingerprint density at radius 2 is 1.96 bits per heavy atom. The van der Waals surface area contributed by atoms with Crippen LogP contribution in [0.4, 0.5) is 19.3 Å². The van der Waals surface area contributed by atoms with Crippen molar-refractivity contribution >= 4 is 31.6 Å². The Hall–Kier alpha value is -3.33. The summed E-state index contributed by atoms with van der Waals surface area (Å²) in [7, 11) is -2.03. The van der Waals surface area contributed by atoms with Crippen LogP contribution >= 0.6 is 0 Å². The fraction of sp³-hybridized carbons (Fsp3) is 0.581. The lowest BCUT2D eigenvalue weighted by molar-refractivity contribution is -0.141. The summed E-state index contributed by atoms with van der Waals surface area (Å²) in [6.45, 7) is 12.2. The predicted molar refractivity (Wildman–Crippen MR) is 164 cm³/mol. The van der Waals surface area contributed by atoms with Crippen molar-refractivity contribution in [2.75, 3.05) is 44.2 Å². The van der Waals surface area contributed by atoms with Gasteiger partial charge in [-0.15, -0.1) is 0 Å². The molecule has 3 aliphatic heterocycles. The molecule has 2 saturated heterocycles. The number of amides is 2. The second-order valence-corrected chi connectivity index (χ2v) is 18.1. The topological polar surface area (TPSA) is 118 Å². The Morgan fingerprint density at radius 3 is 2.58 bits per heavy atom. The van der Waals surface area contributed by atoms with E-state index in [1.54, 1.807) is 6.08 Å². The Kier molecular flexibility index (Phi) is 9.68. The molecule has 14 heteroatoms. The number of aliphatic hydroxyl groups is 1. The number of ether oxygens (including phenoxy) is 2. The Bertz CT molecular complexity index is 1390. The molecule has 0 spiro atoms. The van der Waals surface area contributed by atoms with Gasteiger partial charge in [0, 0.05) is 37.8 Å². The lowest BCUT2D eigenvalue weighted by Crippen LogP contribution is -2.51. The summed E-state index contributed by atoms with van der Waals surface area (Å²) in [6, 6.07) is 3.70. The van der Waals surface area contributed by atoms with Crippen LogP contribution in [0, 0.1) is 11.6 Å². The van der Waals surface area contributed by atoms with Crippen molar-refractivity contribution in [1.29, 1.82) is 0 Å². The largest absolute Gasteiger partial charge is 0.471 e. The Balaban J connectivity index is 1.18. The average molecular weight is 649 g/mol. The maximum Gasteiger partial charge on any atom is 0.414 e. The van der Waals surface area contributed by atoms with E-state index in [1.807, 2.05) is 4.90 Å². The minimum absolute atomic E-state index is 0.00204. The van der Waals surface area contributed by atoms with Crippen molar-refractivity contribution in [3.8, 4) is 5.88 Å². The number of anilines is 1.